The standard InChI is InChI=1S/C11H12FN3O4S/c1-2-11(18)7(17)6(4-16)19-9(11)15-3-5(12)8(13)14-10(15)20/h1,3,6-7,9,16-18H,4H2,(H2,13,14,20)/t6-,7?,9-,11?/m1/s1. The second-order valence-electron chi connectivity index (χ2n) is 4.29. The van der Waals surface area contributed by atoms with E-state index in [4.69, 9.17) is 34.2 Å². The summed E-state index contributed by atoms with van der Waals surface area (Å²) < 4.78 is 19.5. The van der Waals surface area contributed by atoms with E-state index < -0.39 is 42.3 Å². The van der Waals surface area contributed by atoms with Crippen molar-refractivity contribution in [2.24, 2.45) is 0 Å². The summed E-state index contributed by atoms with van der Waals surface area (Å²) in [6.45, 7) is -0.583. The average molecular weight is 301 g/mol. The van der Waals surface area contributed by atoms with Crippen LogP contribution in [0.3, 0.4) is 0 Å². The zero-order chi connectivity index (χ0) is 15.1. The van der Waals surface area contributed by atoms with Crippen LogP contribution in [0, 0.1) is 22.9 Å². The van der Waals surface area contributed by atoms with Crippen LogP contribution in [0.1, 0.15) is 6.23 Å². The molecule has 0 amide bonds. The van der Waals surface area contributed by atoms with Gasteiger partial charge in [0.1, 0.15) is 12.2 Å². The molecule has 0 aliphatic carbocycles. The maximum absolute atomic E-state index is 13.5. The number of hydrogen-bond acceptors (Lipinski definition) is 7. The number of nitrogens with zero attached hydrogens (tertiary/aromatic N) is 2. The van der Waals surface area contributed by atoms with E-state index in [1.807, 2.05) is 5.92 Å². The van der Waals surface area contributed by atoms with Gasteiger partial charge in [0.2, 0.25) is 4.77 Å². The Morgan fingerprint density at radius 2 is 2.35 bits per heavy atom. The Morgan fingerprint density at radius 3 is 2.90 bits per heavy atom. The zero-order valence-electron chi connectivity index (χ0n) is 10.1. The fourth-order valence-electron chi connectivity index (χ4n) is 1.98. The van der Waals surface area contributed by atoms with E-state index in [-0.39, 0.29) is 4.77 Å². The average Bonchev–Trinajstić information content (AvgIpc) is 2.67. The van der Waals surface area contributed by atoms with Crippen molar-refractivity contribution in [1.29, 1.82) is 0 Å². The van der Waals surface area contributed by atoms with Crippen LogP contribution in [0.2, 0.25) is 0 Å². The lowest BCUT2D eigenvalue weighted by Crippen LogP contribution is -2.46. The molecule has 0 saturated carbocycles. The van der Waals surface area contributed by atoms with Crippen LogP contribution in [-0.2, 0) is 4.74 Å². The second kappa shape index (κ2) is 5.08. The first kappa shape index (κ1) is 14.8. The number of halogens is 1. The van der Waals surface area contributed by atoms with Crippen LogP contribution in [0.15, 0.2) is 6.20 Å². The molecule has 5 N–H and O–H groups in total. The summed E-state index contributed by atoms with van der Waals surface area (Å²) in [5, 5.41) is 29.3. The van der Waals surface area contributed by atoms with Gasteiger partial charge in [0.05, 0.1) is 6.61 Å². The minimum Gasteiger partial charge on any atom is -0.394 e. The van der Waals surface area contributed by atoms with Crippen molar-refractivity contribution in [1.82, 2.24) is 9.55 Å². The molecule has 20 heavy (non-hydrogen) atoms. The highest BCUT2D eigenvalue weighted by Gasteiger charge is 2.55. The number of aliphatic hydroxyl groups excluding tert-OH is 2. The van der Waals surface area contributed by atoms with Gasteiger partial charge in [-0.3, -0.25) is 4.57 Å². The molecule has 0 bridgehead atoms. The van der Waals surface area contributed by atoms with E-state index in [1.54, 1.807) is 0 Å². The number of ether oxygens (including phenoxy) is 1. The summed E-state index contributed by atoms with van der Waals surface area (Å²) in [5.74, 6) is 0.690. The van der Waals surface area contributed by atoms with Gasteiger partial charge in [-0.1, -0.05) is 5.92 Å². The third kappa shape index (κ3) is 2.07. The van der Waals surface area contributed by atoms with E-state index in [0.29, 0.717) is 0 Å². The molecule has 0 spiro atoms. The molecular weight excluding hydrogens is 289 g/mol. The van der Waals surface area contributed by atoms with Gasteiger partial charge in [-0.05, 0) is 12.2 Å². The van der Waals surface area contributed by atoms with Gasteiger partial charge in [0.25, 0.3) is 0 Å². The van der Waals surface area contributed by atoms with Crippen LogP contribution in [0.4, 0.5) is 10.2 Å². The highest BCUT2D eigenvalue weighted by Crippen LogP contribution is 2.38. The van der Waals surface area contributed by atoms with Crippen molar-refractivity contribution >= 4 is 18.0 Å². The largest absolute Gasteiger partial charge is 0.394 e. The number of aromatic nitrogens is 2. The highest BCUT2D eigenvalue weighted by molar-refractivity contribution is 7.71. The van der Waals surface area contributed by atoms with Gasteiger partial charge >= 0.3 is 0 Å². The normalized spacial score (nSPS) is 33.0. The lowest BCUT2D eigenvalue weighted by Gasteiger charge is -2.26. The first-order valence-corrected chi connectivity index (χ1v) is 5.94. The van der Waals surface area contributed by atoms with Crippen molar-refractivity contribution < 1.29 is 24.4 Å². The van der Waals surface area contributed by atoms with Crippen molar-refractivity contribution in [3.8, 4) is 12.3 Å². The quantitative estimate of drug-likeness (QED) is 0.407. The first-order chi connectivity index (χ1) is 9.35. The molecule has 1 aliphatic heterocycles. The summed E-state index contributed by atoms with van der Waals surface area (Å²) in [6.07, 6.45) is 1.98. The molecule has 0 aromatic carbocycles. The van der Waals surface area contributed by atoms with E-state index in [9.17, 15) is 14.6 Å². The summed E-state index contributed by atoms with van der Waals surface area (Å²) in [6, 6.07) is 0. The van der Waals surface area contributed by atoms with Gasteiger partial charge in [-0.15, -0.1) is 6.42 Å². The van der Waals surface area contributed by atoms with Crippen LogP contribution in [-0.4, -0.2) is 49.3 Å². The molecule has 1 aromatic heterocycles. The maximum Gasteiger partial charge on any atom is 0.203 e. The Kier molecular flexibility index (Phi) is 3.77. The molecule has 108 valence electrons. The van der Waals surface area contributed by atoms with Gasteiger partial charge in [0.15, 0.2) is 23.5 Å². The molecule has 4 atom stereocenters. The smallest absolute Gasteiger partial charge is 0.203 e. The Balaban J connectivity index is 2.55. The SMILES string of the molecule is C#CC1(O)C(O)[C@@H](CO)O[C@H]1n1cc(F)c(N)nc1=S. The molecule has 1 aliphatic rings. The summed E-state index contributed by atoms with van der Waals surface area (Å²) >= 11 is 4.90. The maximum atomic E-state index is 13.5. The molecular formula is C11H12FN3O4S. The first-order valence-electron chi connectivity index (χ1n) is 5.53. The van der Waals surface area contributed by atoms with Crippen LogP contribution in [0.5, 0.6) is 0 Å². The number of nitrogen functional groups attached to an aromatic ring is 1. The number of anilines is 1. The molecule has 1 fully saturated rings. The van der Waals surface area contributed by atoms with Gasteiger partial charge in [0, 0.05) is 6.20 Å². The van der Waals surface area contributed by atoms with E-state index in [2.05, 4.69) is 4.98 Å². The minimum atomic E-state index is -2.18. The summed E-state index contributed by atoms with van der Waals surface area (Å²) in [7, 11) is 0. The monoisotopic (exact) mass is 301 g/mol. The van der Waals surface area contributed by atoms with Crippen LogP contribution >= 0.6 is 12.2 Å². The third-order valence-corrected chi connectivity index (χ3v) is 3.38. The van der Waals surface area contributed by atoms with Gasteiger partial charge in [-0.25, -0.2) is 4.39 Å². The molecule has 2 rings (SSSR count). The van der Waals surface area contributed by atoms with Crippen LogP contribution in [0.25, 0.3) is 0 Å². The van der Waals surface area contributed by atoms with Crippen molar-refractivity contribution in [2.75, 3.05) is 12.3 Å². The molecule has 9 heteroatoms. The molecule has 7 nitrogen and oxygen atoms in total. The molecule has 1 aromatic rings. The fourth-order valence-corrected chi connectivity index (χ4v) is 2.22. The second-order valence-corrected chi connectivity index (χ2v) is 4.65. The fraction of sp³-hybridized carbons (Fsp3) is 0.455. The highest BCUT2D eigenvalue weighted by atomic mass is 32.1. The topological polar surface area (TPSA) is 114 Å². The number of rotatable bonds is 2. The predicted molar refractivity (Wildman–Crippen MR) is 68.2 cm³/mol. The van der Waals surface area contributed by atoms with E-state index in [1.165, 1.54) is 0 Å². The Hall–Kier alpha value is -1.57. The van der Waals surface area contributed by atoms with Crippen molar-refractivity contribution in [2.45, 2.75) is 24.0 Å². The molecule has 0 radical (unpaired) electrons. The Morgan fingerprint density at radius 1 is 1.70 bits per heavy atom. The number of aliphatic hydroxyl groups is 3. The van der Waals surface area contributed by atoms with E-state index in [0.717, 1.165) is 10.8 Å². The van der Waals surface area contributed by atoms with Crippen molar-refractivity contribution in [3.05, 3.63) is 16.8 Å². The van der Waals surface area contributed by atoms with Gasteiger partial charge in [-0.2, -0.15) is 4.98 Å². The van der Waals surface area contributed by atoms with E-state index >= 15 is 0 Å². The Bertz CT molecular complexity index is 631. The van der Waals surface area contributed by atoms with Crippen LogP contribution < -0.4 is 5.73 Å². The minimum absolute atomic E-state index is 0.187. The summed E-state index contributed by atoms with van der Waals surface area (Å²) in [5.41, 5.74) is 3.09. The third-order valence-electron chi connectivity index (χ3n) is 3.08. The number of nitrogens with two attached hydrogens (primary N) is 1. The number of terminal acetylenes is 1. The summed E-state index contributed by atoms with van der Waals surface area (Å²) in [4.78, 5) is 3.57. The molecule has 1 saturated heterocycles. The number of hydrogen-bond donors (Lipinski definition) is 4. The van der Waals surface area contributed by atoms with Crippen molar-refractivity contribution in [3.63, 3.8) is 0 Å². The predicted octanol–water partition coefficient (Wildman–Crippen LogP) is -1.05. The lowest BCUT2D eigenvalue weighted by molar-refractivity contribution is -0.0757. The van der Waals surface area contributed by atoms with Gasteiger partial charge < -0.3 is 25.8 Å². The molecule has 2 heterocycles. The lowest BCUT2D eigenvalue weighted by atomic mass is 9.95. The zero-order valence-corrected chi connectivity index (χ0v) is 10.9. The molecule has 2 unspecified atom stereocenters. The Labute approximate surface area is 118 Å².